The highest BCUT2D eigenvalue weighted by Gasteiger charge is 2.48. The van der Waals surface area contributed by atoms with Crippen molar-refractivity contribution >= 4 is 12.1 Å². The van der Waals surface area contributed by atoms with Crippen LogP contribution in [0.25, 0.3) is 0 Å². The van der Waals surface area contributed by atoms with Crippen molar-refractivity contribution in [1.82, 2.24) is 4.90 Å². The van der Waals surface area contributed by atoms with Crippen molar-refractivity contribution in [3.63, 3.8) is 0 Å². The Morgan fingerprint density at radius 3 is 2.42 bits per heavy atom. The molecule has 5 heteroatoms. The highest BCUT2D eigenvalue weighted by Crippen LogP contribution is 2.40. The third kappa shape index (κ3) is 3.01. The van der Waals surface area contributed by atoms with Crippen LogP contribution in [0.3, 0.4) is 0 Å². The van der Waals surface area contributed by atoms with Gasteiger partial charge in [-0.2, -0.15) is 0 Å². The highest BCUT2D eigenvalue weighted by atomic mass is 16.6. The van der Waals surface area contributed by atoms with Gasteiger partial charge in [-0.05, 0) is 46.0 Å². The highest BCUT2D eigenvalue weighted by molar-refractivity contribution is 5.81. The van der Waals surface area contributed by atoms with Gasteiger partial charge in [0.05, 0.1) is 0 Å². The van der Waals surface area contributed by atoms with Crippen LogP contribution < -0.4 is 0 Å². The maximum atomic E-state index is 12.3. The van der Waals surface area contributed by atoms with Gasteiger partial charge < -0.3 is 9.84 Å². The first-order valence-electron chi connectivity index (χ1n) is 7.04. The van der Waals surface area contributed by atoms with Gasteiger partial charge in [-0.25, -0.2) is 9.59 Å². The first-order valence-corrected chi connectivity index (χ1v) is 7.04. The molecule has 1 N–H and O–H groups in total. The summed E-state index contributed by atoms with van der Waals surface area (Å²) in [6.07, 6.45) is 4.21. The van der Waals surface area contributed by atoms with Crippen molar-refractivity contribution in [2.45, 2.75) is 70.6 Å². The molecule has 108 valence electrons. The largest absolute Gasteiger partial charge is 0.480 e. The second-order valence-corrected chi connectivity index (χ2v) is 6.59. The summed E-state index contributed by atoms with van der Waals surface area (Å²) in [5.41, 5.74) is -0.590. The third-order valence-electron chi connectivity index (χ3n) is 3.98. The SMILES string of the molecule is CC(C)(C)OC(=O)N1C(C(=O)O)C[C@H]2CCCC[C@@H]21. The fraction of sp³-hybridized carbons (Fsp3) is 0.857. The van der Waals surface area contributed by atoms with E-state index in [1.807, 2.05) is 0 Å². The molecule has 2 aliphatic rings. The predicted molar refractivity (Wildman–Crippen MR) is 69.9 cm³/mol. The number of carboxylic acids is 1. The summed E-state index contributed by atoms with van der Waals surface area (Å²) in [5.74, 6) is -0.595. The summed E-state index contributed by atoms with van der Waals surface area (Å²) in [6.45, 7) is 5.40. The molecule has 1 unspecified atom stereocenters. The number of likely N-dealkylation sites (tertiary alicyclic amines) is 1. The van der Waals surface area contributed by atoms with E-state index in [2.05, 4.69) is 0 Å². The quantitative estimate of drug-likeness (QED) is 0.794. The van der Waals surface area contributed by atoms with Gasteiger partial charge in [-0.15, -0.1) is 0 Å². The number of carbonyl (C=O) groups excluding carboxylic acids is 1. The maximum absolute atomic E-state index is 12.3. The number of rotatable bonds is 1. The van der Waals surface area contributed by atoms with Gasteiger partial charge in [0.15, 0.2) is 0 Å². The minimum absolute atomic E-state index is 0.0460. The summed E-state index contributed by atoms with van der Waals surface area (Å²) >= 11 is 0. The van der Waals surface area contributed by atoms with E-state index >= 15 is 0 Å². The Hall–Kier alpha value is -1.26. The van der Waals surface area contributed by atoms with Crippen molar-refractivity contribution in [1.29, 1.82) is 0 Å². The van der Waals surface area contributed by atoms with Crippen molar-refractivity contribution < 1.29 is 19.4 Å². The average molecular weight is 269 g/mol. The minimum atomic E-state index is -0.916. The van der Waals surface area contributed by atoms with Crippen LogP contribution in [-0.2, 0) is 9.53 Å². The molecule has 1 aliphatic carbocycles. The predicted octanol–water partition coefficient (Wildman–Crippen LogP) is 2.64. The van der Waals surface area contributed by atoms with E-state index in [0.717, 1.165) is 25.7 Å². The summed E-state index contributed by atoms with van der Waals surface area (Å²) in [7, 11) is 0. The molecular formula is C14H23NO4. The van der Waals surface area contributed by atoms with Gasteiger partial charge >= 0.3 is 12.1 Å². The lowest BCUT2D eigenvalue weighted by atomic mass is 9.85. The van der Waals surface area contributed by atoms with Crippen LogP contribution in [0, 0.1) is 5.92 Å². The smallest absolute Gasteiger partial charge is 0.411 e. The molecule has 5 nitrogen and oxygen atoms in total. The number of nitrogens with zero attached hydrogens (tertiary/aromatic N) is 1. The van der Waals surface area contributed by atoms with Crippen molar-refractivity contribution in [3.8, 4) is 0 Å². The lowest BCUT2D eigenvalue weighted by molar-refractivity contribution is -0.142. The van der Waals surface area contributed by atoms with Crippen LogP contribution >= 0.6 is 0 Å². The molecule has 0 aromatic heterocycles. The maximum Gasteiger partial charge on any atom is 0.411 e. The zero-order valence-corrected chi connectivity index (χ0v) is 11.9. The molecule has 3 atom stereocenters. The van der Waals surface area contributed by atoms with Crippen LogP contribution in [-0.4, -0.2) is 39.8 Å². The third-order valence-corrected chi connectivity index (χ3v) is 3.98. The first-order chi connectivity index (χ1) is 8.79. The lowest BCUT2D eigenvalue weighted by Gasteiger charge is -2.34. The van der Waals surface area contributed by atoms with Crippen LogP contribution in [0.15, 0.2) is 0 Å². The van der Waals surface area contributed by atoms with Crippen LogP contribution in [0.1, 0.15) is 52.9 Å². The van der Waals surface area contributed by atoms with Gasteiger partial charge in [0.2, 0.25) is 0 Å². The van der Waals surface area contributed by atoms with E-state index < -0.39 is 23.7 Å². The Labute approximate surface area is 113 Å². The number of hydrogen-bond donors (Lipinski definition) is 1. The summed E-state index contributed by atoms with van der Waals surface area (Å²) < 4.78 is 5.37. The molecule has 1 amide bonds. The number of carboxylic acid groups (broad SMARTS) is 1. The van der Waals surface area contributed by atoms with Gasteiger partial charge in [0.25, 0.3) is 0 Å². The number of hydrogen-bond acceptors (Lipinski definition) is 3. The number of ether oxygens (including phenoxy) is 1. The number of aliphatic carboxylic acids is 1. The van der Waals surface area contributed by atoms with Crippen molar-refractivity contribution in [3.05, 3.63) is 0 Å². The van der Waals surface area contributed by atoms with Crippen LogP contribution in [0.2, 0.25) is 0 Å². The van der Waals surface area contributed by atoms with Crippen LogP contribution in [0.5, 0.6) is 0 Å². The normalized spacial score (nSPS) is 30.9. The van der Waals surface area contributed by atoms with E-state index in [9.17, 15) is 14.7 Å². The standard InChI is InChI=1S/C14H23NO4/c1-14(2,3)19-13(18)15-10-7-5-4-6-9(10)8-11(15)12(16)17/h9-11H,4-8H2,1-3H3,(H,16,17)/t9-,10+,11?/m1/s1. The Morgan fingerprint density at radius 2 is 1.84 bits per heavy atom. The molecule has 1 heterocycles. The van der Waals surface area contributed by atoms with E-state index in [-0.39, 0.29) is 6.04 Å². The van der Waals surface area contributed by atoms with E-state index in [1.54, 1.807) is 20.8 Å². The molecule has 0 bridgehead atoms. The molecule has 0 aromatic rings. The molecule has 1 aliphatic heterocycles. The number of fused-ring (bicyclic) bond motifs is 1. The zero-order valence-electron chi connectivity index (χ0n) is 11.9. The minimum Gasteiger partial charge on any atom is -0.480 e. The molecule has 0 spiro atoms. The van der Waals surface area contributed by atoms with Crippen LogP contribution in [0.4, 0.5) is 4.79 Å². The second kappa shape index (κ2) is 5.02. The van der Waals surface area contributed by atoms with Gasteiger partial charge in [-0.1, -0.05) is 12.8 Å². The van der Waals surface area contributed by atoms with Gasteiger partial charge in [0, 0.05) is 6.04 Å². The van der Waals surface area contributed by atoms with Gasteiger partial charge in [-0.3, -0.25) is 4.90 Å². The molecule has 2 fully saturated rings. The summed E-state index contributed by atoms with van der Waals surface area (Å²) in [5, 5.41) is 9.33. The molecule has 1 saturated carbocycles. The molecular weight excluding hydrogens is 246 g/mol. The van der Waals surface area contributed by atoms with E-state index in [1.165, 1.54) is 4.90 Å². The summed E-state index contributed by atoms with van der Waals surface area (Å²) in [4.78, 5) is 25.1. The molecule has 0 aromatic carbocycles. The number of amides is 1. The zero-order chi connectivity index (χ0) is 14.2. The lowest BCUT2D eigenvalue weighted by Crippen LogP contribution is -2.48. The van der Waals surface area contributed by atoms with E-state index in [4.69, 9.17) is 4.74 Å². The van der Waals surface area contributed by atoms with E-state index in [0.29, 0.717) is 12.3 Å². The monoisotopic (exact) mass is 269 g/mol. The Kier molecular flexibility index (Phi) is 3.74. The first kappa shape index (κ1) is 14.2. The second-order valence-electron chi connectivity index (χ2n) is 6.59. The molecule has 1 saturated heterocycles. The van der Waals surface area contributed by atoms with Crippen molar-refractivity contribution in [2.24, 2.45) is 5.92 Å². The Morgan fingerprint density at radius 1 is 1.21 bits per heavy atom. The Bertz CT molecular complexity index is 374. The Balaban J connectivity index is 2.17. The fourth-order valence-electron chi connectivity index (χ4n) is 3.26. The molecule has 19 heavy (non-hydrogen) atoms. The summed E-state index contributed by atoms with van der Waals surface area (Å²) in [6, 6.07) is -0.673. The number of carbonyl (C=O) groups is 2. The fourth-order valence-corrected chi connectivity index (χ4v) is 3.26. The van der Waals surface area contributed by atoms with Gasteiger partial charge in [0.1, 0.15) is 11.6 Å². The topological polar surface area (TPSA) is 66.8 Å². The average Bonchev–Trinajstić information content (AvgIpc) is 2.65. The van der Waals surface area contributed by atoms with Crippen molar-refractivity contribution in [2.75, 3.05) is 0 Å². The molecule has 2 rings (SSSR count). The molecule has 0 radical (unpaired) electrons.